The van der Waals surface area contributed by atoms with E-state index in [1.54, 1.807) is 13.8 Å². The molecule has 0 spiro atoms. The molecule has 0 bridgehead atoms. The number of pyridine rings is 1. The molecule has 0 saturated carbocycles. The van der Waals surface area contributed by atoms with Crippen molar-refractivity contribution in [2.24, 2.45) is 0 Å². The van der Waals surface area contributed by atoms with E-state index in [1.165, 1.54) is 37.7 Å². The van der Waals surface area contributed by atoms with Gasteiger partial charge in [-0.1, -0.05) is 0 Å². The van der Waals surface area contributed by atoms with Gasteiger partial charge < -0.3 is 4.74 Å². The molecule has 0 aliphatic heterocycles. The van der Waals surface area contributed by atoms with E-state index in [1.807, 2.05) is 0 Å². The van der Waals surface area contributed by atoms with Crippen molar-refractivity contribution in [1.82, 2.24) is 14.8 Å². The predicted molar refractivity (Wildman–Crippen MR) is 99.6 cm³/mol. The molecule has 0 atom stereocenters. The molecule has 0 radical (unpaired) electrons. The van der Waals surface area contributed by atoms with E-state index in [-0.39, 0.29) is 10.7 Å². The number of aromatic nitrogens is 3. The Bertz CT molecular complexity index is 1160. The van der Waals surface area contributed by atoms with E-state index in [0.717, 1.165) is 16.8 Å². The first-order valence-corrected chi connectivity index (χ1v) is 9.78. The van der Waals surface area contributed by atoms with Crippen LogP contribution in [0.3, 0.4) is 0 Å². The number of rotatable bonds is 5. The Morgan fingerprint density at radius 1 is 1.10 bits per heavy atom. The molecule has 154 valence electrons. The monoisotopic (exact) mass is 426 g/mol. The van der Waals surface area contributed by atoms with E-state index >= 15 is 0 Å². The van der Waals surface area contributed by atoms with Gasteiger partial charge in [0.15, 0.2) is 11.6 Å². The lowest BCUT2D eigenvalue weighted by Crippen LogP contribution is -2.16. The number of sulfonamides is 1. The van der Waals surface area contributed by atoms with Crippen molar-refractivity contribution < 1.29 is 26.3 Å². The van der Waals surface area contributed by atoms with Crippen LogP contribution >= 0.6 is 0 Å². The van der Waals surface area contributed by atoms with E-state index in [2.05, 4.69) is 14.8 Å². The van der Waals surface area contributed by atoms with Crippen molar-refractivity contribution in [1.29, 1.82) is 0 Å². The molecule has 1 aromatic carbocycles. The summed E-state index contributed by atoms with van der Waals surface area (Å²) in [5, 5.41) is 3.89. The summed E-state index contributed by atoms with van der Waals surface area (Å²) >= 11 is 0. The number of methoxy groups -OCH3 is 1. The fourth-order valence-corrected chi connectivity index (χ4v) is 4.07. The van der Waals surface area contributed by atoms with Crippen LogP contribution < -0.4 is 9.46 Å². The Morgan fingerprint density at radius 2 is 1.83 bits per heavy atom. The quantitative estimate of drug-likeness (QED) is 0.672. The number of benzene rings is 1. The summed E-state index contributed by atoms with van der Waals surface area (Å²) in [4.78, 5) is 3.73. The highest BCUT2D eigenvalue weighted by atomic mass is 32.2. The Hall–Kier alpha value is -3.08. The highest BCUT2D eigenvalue weighted by Crippen LogP contribution is 2.33. The number of halogens is 3. The van der Waals surface area contributed by atoms with Crippen LogP contribution in [0.4, 0.5) is 19.0 Å². The summed E-state index contributed by atoms with van der Waals surface area (Å²) < 4.78 is 73.3. The second kappa shape index (κ2) is 7.39. The largest absolute Gasteiger partial charge is 0.496 e. The van der Waals surface area contributed by atoms with E-state index in [0.29, 0.717) is 16.9 Å². The van der Waals surface area contributed by atoms with Crippen molar-refractivity contribution in [2.75, 3.05) is 11.8 Å². The van der Waals surface area contributed by atoms with Gasteiger partial charge in [-0.3, -0.25) is 4.72 Å². The lowest BCUT2D eigenvalue weighted by molar-refractivity contribution is -0.137. The van der Waals surface area contributed by atoms with Gasteiger partial charge in [-0.25, -0.2) is 18.1 Å². The zero-order chi connectivity index (χ0) is 21.4. The first kappa shape index (κ1) is 20.6. The summed E-state index contributed by atoms with van der Waals surface area (Å²) in [6.45, 7) is 3.36. The highest BCUT2D eigenvalue weighted by molar-refractivity contribution is 7.92. The molecular weight excluding hydrogens is 409 g/mol. The van der Waals surface area contributed by atoms with Gasteiger partial charge in [0.1, 0.15) is 11.3 Å². The first-order chi connectivity index (χ1) is 13.5. The van der Waals surface area contributed by atoms with Gasteiger partial charge in [-0.15, -0.1) is 5.10 Å². The van der Waals surface area contributed by atoms with Crippen LogP contribution in [-0.2, 0) is 16.2 Å². The molecule has 3 rings (SSSR count). The van der Waals surface area contributed by atoms with Crippen LogP contribution in [0, 0.1) is 13.8 Å². The van der Waals surface area contributed by atoms with Crippen molar-refractivity contribution in [3.05, 3.63) is 59.4 Å². The number of anilines is 1. The molecule has 3 aromatic rings. The summed E-state index contributed by atoms with van der Waals surface area (Å²) in [7, 11) is -2.54. The number of ether oxygens (including phenoxy) is 1. The Balaban J connectivity index is 1.95. The maximum absolute atomic E-state index is 13.2. The van der Waals surface area contributed by atoms with Gasteiger partial charge in [0, 0.05) is 18.5 Å². The SMILES string of the molecule is COc1ccc(S(=O)(=O)Nc2ccn(-c3ncccc3C(F)(F)F)n2)c(C)c1C. The number of hydrogen-bond acceptors (Lipinski definition) is 5. The smallest absolute Gasteiger partial charge is 0.420 e. The van der Waals surface area contributed by atoms with Crippen molar-refractivity contribution in [3.63, 3.8) is 0 Å². The van der Waals surface area contributed by atoms with Crippen LogP contribution in [0.5, 0.6) is 5.75 Å². The first-order valence-electron chi connectivity index (χ1n) is 8.30. The average Bonchev–Trinajstić information content (AvgIpc) is 3.10. The Kier molecular flexibility index (Phi) is 5.26. The maximum Gasteiger partial charge on any atom is 0.420 e. The summed E-state index contributed by atoms with van der Waals surface area (Å²) in [6.07, 6.45) is -2.24. The van der Waals surface area contributed by atoms with Crippen LogP contribution in [0.25, 0.3) is 5.82 Å². The zero-order valence-electron chi connectivity index (χ0n) is 15.6. The minimum Gasteiger partial charge on any atom is -0.496 e. The second-order valence-electron chi connectivity index (χ2n) is 6.14. The Morgan fingerprint density at radius 3 is 2.48 bits per heavy atom. The Labute approximate surface area is 165 Å². The van der Waals surface area contributed by atoms with Gasteiger partial charge in [0.2, 0.25) is 0 Å². The predicted octanol–water partition coefficient (Wildman–Crippen LogP) is 3.71. The van der Waals surface area contributed by atoms with Crippen molar-refractivity contribution in [2.45, 2.75) is 24.9 Å². The molecule has 29 heavy (non-hydrogen) atoms. The van der Waals surface area contributed by atoms with Crippen molar-refractivity contribution in [3.8, 4) is 11.6 Å². The molecular formula is C18H17F3N4O3S. The van der Waals surface area contributed by atoms with E-state index in [4.69, 9.17) is 4.74 Å². The van der Waals surface area contributed by atoms with Gasteiger partial charge >= 0.3 is 6.18 Å². The lowest BCUT2D eigenvalue weighted by atomic mass is 10.1. The van der Waals surface area contributed by atoms with Crippen LogP contribution in [0.15, 0.2) is 47.6 Å². The molecule has 2 aromatic heterocycles. The molecule has 2 heterocycles. The number of nitrogens with one attached hydrogen (secondary N) is 1. The normalized spacial score (nSPS) is 12.1. The molecule has 0 fully saturated rings. The molecule has 0 aliphatic rings. The molecule has 1 N–H and O–H groups in total. The van der Waals surface area contributed by atoms with E-state index < -0.39 is 27.6 Å². The fourth-order valence-electron chi connectivity index (χ4n) is 2.77. The molecule has 0 saturated heterocycles. The topological polar surface area (TPSA) is 86.1 Å². The number of alkyl halides is 3. The van der Waals surface area contributed by atoms with Crippen LogP contribution in [-0.4, -0.2) is 30.3 Å². The summed E-state index contributed by atoms with van der Waals surface area (Å²) in [6, 6.07) is 6.20. The third-order valence-electron chi connectivity index (χ3n) is 4.33. The zero-order valence-corrected chi connectivity index (χ0v) is 16.5. The molecule has 0 aliphatic carbocycles. The molecule has 7 nitrogen and oxygen atoms in total. The third-order valence-corrected chi connectivity index (χ3v) is 5.83. The minimum atomic E-state index is -4.63. The van der Waals surface area contributed by atoms with Gasteiger partial charge in [-0.05, 0) is 49.2 Å². The van der Waals surface area contributed by atoms with Gasteiger partial charge in [-0.2, -0.15) is 13.2 Å². The standard InChI is InChI=1S/C18H17F3N4O3S/c1-11-12(2)15(7-6-14(11)28-3)29(26,27)24-16-8-10-25(23-16)17-13(18(19,20)21)5-4-9-22-17/h4-10H,1-3H3,(H,23,24). The summed E-state index contributed by atoms with van der Waals surface area (Å²) in [5.41, 5.74) is 0.156. The number of nitrogens with zero attached hydrogens (tertiary/aromatic N) is 3. The fraction of sp³-hybridized carbons (Fsp3) is 0.222. The van der Waals surface area contributed by atoms with Crippen LogP contribution in [0.1, 0.15) is 16.7 Å². The lowest BCUT2D eigenvalue weighted by Gasteiger charge is -2.13. The van der Waals surface area contributed by atoms with Gasteiger partial charge in [0.05, 0.1) is 12.0 Å². The maximum atomic E-state index is 13.2. The summed E-state index contributed by atoms with van der Waals surface area (Å²) in [5.74, 6) is -0.0564. The average molecular weight is 426 g/mol. The van der Waals surface area contributed by atoms with Crippen molar-refractivity contribution >= 4 is 15.8 Å². The second-order valence-corrected chi connectivity index (χ2v) is 7.79. The van der Waals surface area contributed by atoms with E-state index in [9.17, 15) is 21.6 Å². The van der Waals surface area contributed by atoms with Gasteiger partial charge in [0.25, 0.3) is 10.0 Å². The number of hydrogen-bond donors (Lipinski definition) is 1. The highest BCUT2D eigenvalue weighted by Gasteiger charge is 2.35. The van der Waals surface area contributed by atoms with Crippen LogP contribution in [0.2, 0.25) is 0 Å². The molecule has 0 unspecified atom stereocenters. The minimum absolute atomic E-state index is 0.0131. The molecule has 0 amide bonds. The third kappa shape index (κ3) is 4.04. The molecule has 11 heteroatoms.